The quantitative estimate of drug-likeness (QED) is 0.423. The smallest absolute Gasteiger partial charge is 0.349 e. The Kier molecular flexibility index (Phi) is 6.71. The van der Waals surface area contributed by atoms with E-state index in [1.807, 2.05) is 26.0 Å². The van der Waals surface area contributed by atoms with Gasteiger partial charge in [0, 0.05) is 23.2 Å². The van der Waals surface area contributed by atoms with Crippen LogP contribution in [0.5, 0.6) is 0 Å². The SMILES string of the molecule is CC(C)Cn1c(=O)c2ccc(C(=O)NC3CCCCC3)cc2n2c(=O)n(Cc3cccc(Cl)c3)nc12. The first kappa shape index (κ1) is 24.3. The van der Waals surface area contributed by atoms with Crippen molar-refractivity contribution in [3.8, 4) is 0 Å². The topological polar surface area (TPSA) is 90.4 Å². The molecule has 1 N–H and O–H groups in total. The summed E-state index contributed by atoms with van der Waals surface area (Å²) >= 11 is 6.13. The maximum atomic E-state index is 13.6. The maximum Gasteiger partial charge on any atom is 0.352 e. The van der Waals surface area contributed by atoms with Crippen LogP contribution in [-0.2, 0) is 13.1 Å². The lowest BCUT2D eigenvalue weighted by atomic mass is 9.95. The summed E-state index contributed by atoms with van der Waals surface area (Å²) in [4.78, 5) is 40.1. The molecule has 1 amide bonds. The molecule has 4 aromatic rings. The van der Waals surface area contributed by atoms with Crippen molar-refractivity contribution in [3.05, 3.63) is 79.5 Å². The molecule has 2 aromatic heterocycles. The van der Waals surface area contributed by atoms with Gasteiger partial charge in [-0.25, -0.2) is 13.9 Å². The normalized spacial score (nSPS) is 14.7. The van der Waals surface area contributed by atoms with Gasteiger partial charge in [-0.05, 0) is 54.7 Å². The Balaban J connectivity index is 1.65. The summed E-state index contributed by atoms with van der Waals surface area (Å²) in [6, 6.07) is 12.3. The van der Waals surface area contributed by atoms with Gasteiger partial charge in [0.05, 0.1) is 17.4 Å². The summed E-state index contributed by atoms with van der Waals surface area (Å²) in [6.45, 7) is 4.63. The number of carbonyl (C=O) groups excluding carboxylic acids is 1. The molecule has 0 aliphatic heterocycles. The molecule has 5 rings (SSSR count). The average molecular weight is 508 g/mol. The Labute approximate surface area is 213 Å². The van der Waals surface area contributed by atoms with Gasteiger partial charge >= 0.3 is 5.69 Å². The Morgan fingerprint density at radius 2 is 1.89 bits per heavy atom. The lowest BCUT2D eigenvalue weighted by molar-refractivity contribution is 0.0928. The van der Waals surface area contributed by atoms with Crippen molar-refractivity contribution in [1.29, 1.82) is 0 Å². The predicted molar refractivity (Wildman–Crippen MR) is 141 cm³/mol. The van der Waals surface area contributed by atoms with Crippen molar-refractivity contribution in [2.45, 2.75) is 65.1 Å². The van der Waals surface area contributed by atoms with Crippen molar-refractivity contribution >= 4 is 34.2 Å². The Morgan fingerprint density at radius 1 is 1.11 bits per heavy atom. The first-order chi connectivity index (χ1) is 17.3. The van der Waals surface area contributed by atoms with E-state index in [9.17, 15) is 14.4 Å². The molecule has 1 saturated carbocycles. The maximum absolute atomic E-state index is 13.6. The fourth-order valence-corrected chi connectivity index (χ4v) is 5.23. The van der Waals surface area contributed by atoms with E-state index in [4.69, 9.17) is 11.6 Å². The van der Waals surface area contributed by atoms with Crippen molar-refractivity contribution in [2.75, 3.05) is 0 Å². The van der Waals surface area contributed by atoms with Gasteiger partial charge in [0.1, 0.15) is 0 Å². The minimum Gasteiger partial charge on any atom is -0.349 e. The second-order valence-corrected chi connectivity index (χ2v) is 10.5. The molecule has 0 radical (unpaired) electrons. The molecule has 8 nitrogen and oxygen atoms in total. The Morgan fingerprint density at radius 3 is 2.61 bits per heavy atom. The second-order valence-electron chi connectivity index (χ2n) is 10.1. The predicted octanol–water partition coefficient (Wildman–Crippen LogP) is 4.23. The summed E-state index contributed by atoms with van der Waals surface area (Å²) in [5.74, 6) is 0.235. The lowest BCUT2D eigenvalue weighted by Gasteiger charge is -2.22. The van der Waals surface area contributed by atoms with E-state index >= 15 is 0 Å². The largest absolute Gasteiger partial charge is 0.352 e. The number of nitrogens with one attached hydrogen (secondary N) is 1. The molecular formula is C27H30ClN5O3. The van der Waals surface area contributed by atoms with Crippen LogP contribution in [-0.4, -0.2) is 30.7 Å². The Hall–Kier alpha value is -3.39. The molecule has 2 heterocycles. The van der Waals surface area contributed by atoms with Gasteiger partial charge in [-0.3, -0.25) is 14.2 Å². The van der Waals surface area contributed by atoms with E-state index < -0.39 is 0 Å². The van der Waals surface area contributed by atoms with Crippen LogP contribution in [0.2, 0.25) is 5.02 Å². The van der Waals surface area contributed by atoms with Gasteiger partial charge in [-0.15, -0.1) is 5.10 Å². The minimum atomic E-state index is -0.377. The lowest BCUT2D eigenvalue weighted by Crippen LogP contribution is -2.36. The summed E-state index contributed by atoms with van der Waals surface area (Å²) in [5, 5.41) is 8.62. The zero-order chi connectivity index (χ0) is 25.4. The molecule has 0 bridgehead atoms. The van der Waals surface area contributed by atoms with Crippen LogP contribution in [0.25, 0.3) is 16.7 Å². The van der Waals surface area contributed by atoms with E-state index in [-0.39, 0.29) is 41.4 Å². The van der Waals surface area contributed by atoms with Gasteiger partial charge in [-0.2, -0.15) is 0 Å². The number of fused-ring (bicyclic) bond motifs is 3. The van der Waals surface area contributed by atoms with Crippen molar-refractivity contribution in [2.24, 2.45) is 5.92 Å². The highest BCUT2D eigenvalue weighted by Crippen LogP contribution is 2.20. The molecule has 0 unspecified atom stereocenters. The average Bonchev–Trinajstić information content (AvgIpc) is 3.17. The van der Waals surface area contributed by atoms with Gasteiger partial charge in [-0.1, -0.05) is 56.8 Å². The third-order valence-corrected chi connectivity index (χ3v) is 6.98. The summed E-state index contributed by atoms with van der Waals surface area (Å²) in [7, 11) is 0. The standard InChI is InChI=1S/C27H30ClN5O3/c1-17(2)15-31-25(35)22-12-11-19(24(34)29-21-9-4-3-5-10-21)14-23(22)33-26(31)30-32(27(33)36)16-18-7-6-8-20(28)13-18/h6-8,11-14,17,21H,3-5,9-10,15-16H2,1-2H3,(H,29,34). The molecule has 1 aliphatic carbocycles. The fourth-order valence-electron chi connectivity index (χ4n) is 5.01. The number of aromatic nitrogens is 4. The zero-order valence-electron chi connectivity index (χ0n) is 20.5. The van der Waals surface area contributed by atoms with Crippen LogP contribution in [0, 0.1) is 5.92 Å². The van der Waals surface area contributed by atoms with Gasteiger partial charge in [0.25, 0.3) is 11.5 Å². The molecule has 1 aliphatic rings. The van der Waals surface area contributed by atoms with Crippen LogP contribution in [0.4, 0.5) is 0 Å². The number of carbonyl (C=O) groups is 1. The first-order valence-corrected chi connectivity index (χ1v) is 12.9. The minimum absolute atomic E-state index is 0.157. The number of benzene rings is 2. The highest BCUT2D eigenvalue weighted by atomic mass is 35.5. The number of hydrogen-bond acceptors (Lipinski definition) is 4. The van der Waals surface area contributed by atoms with Gasteiger partial charge in [0.15, 0.2) is 0 Å². The number of rotatable bonds is 6. The molecule has 0 atom stereocenters. The van der Waals surface area contributed by atoms with E-state index in [2.05, 4.69) is 10.4 Å². The van der Waals surface area contributed by atoms with Crippen LogP contribution < -0.4 is 16.6 Å². The first-order valence-electron chi connectivity index (χ1n) is 12.5. The molecule has 188 valence electrons. The third-order valence-electron chi connectivity index (χ3n) is 6.75. The van der Waals surface area contributed by atoms with Crippen molar-refractivity contribution in [3.63, 3.8) is 0 Å². The summed E-state index contributed by atoms with van der Waals surface area (Å²) in [6.07, 6.45) is 5.36. The van der Waals surface area contributed by atoms with Crippen molar-refractivity contribution < 1.29 is 4.79 Å². The summed E-state index contributed by atoms with van der Waals surface area (Å²) < 4.78 is 4.33. The molecule has 2 aromatic carbocycles. The number of amides is 1. The summed E-state index contributed by atoms with van der Waals surface area (Å²) in [5.41, 5.74) is 1.02. The number of nitrogens with zero attached hydrogens (tertiary/aromatic N) is 4. The van der Waals surface area contributed by atoms with Crippen LogP contribution in [0.1, 0.15) is 61.9 Å². The molecule has 9 heteroatoms. The number of hydrogen-bond donors (Lipinski definition) is 1. The Bertz CT molecular complexity index is 1560. The molecule has 1 fully saturated rings. The van der Waals surface area contributed by atoms with Gasteiger partial charge in [0.2, 0.25) is 5.78 Å². The molecule has 36 heavy (non-hydrogen) atoms. The van der Waals surface area contributed by atoms with Crippen LogP contribution in [0.15, 0.2) is 52.1 Å². The van der Waals surface area contributed by atoms with Gasteiger partial charge < -0.3 is 5.32 Å². The highest BCUT2D eigenvalue weighted by Gasteiger charge is 2.21. The fraction of sp³-hybridized carbons (Fsp3) is 0.407. The van der Waals surface area contributed by atoms with E-state index in [0.717, 1.165) is 31.2 Å². The van der Waals surface area contributed by atoms with Crippen LogP contribution in [0.3, 0.4) is 0 Å². The monoisotopic (exact) mass is 507 g/mol. The highest BCUT2D eigenvalue weighted by molar-refractivity contribution is 6.30. The third kappa shape index (κ3) is 4.69. The molecule has 0 saturated heterocycles. The van der Waals surface area contributed by atoms with E-state index in [0.29, 0.717) is 28.0 Å². The zero-order valence-corrected chi connectivity index (χ0v) is 21.3. The van der Waals surface area contributed by atoms with Crippen LogP contribution >= 0.6 is 11.6 Å². The van der Waals surface area contributed by atoms with E-state index in [1.165, 1.54) is 15.5 Å². The number of halogens is 1. The molecule has 0 spiro atoms. The second kappa shape index (κ2) is 9.93. The van der Waals surface area contributed by atoms with E-state index in [1.54, 1.807) is 34.9 Å². The molecular weight excluding hydrogens is 478 g/mol. The van der Waals surface area contributed by atoms with Crippen molar-refractivity contribution in [1.82, 2.24) is 24.1 Å².